The van der Waals surface area contributed by atoms with Gasteiger partial charge in [0.1, 0.15) is 0 Å². The lowest BCUT2D eigenvalue weighted by Gasteiger charge is -2.37. The highest BCUT2D eigenvalue weighted by Gasteiger charge is 2.31. The number of nitrogens with zero attached hydrogens (tertiary/aromatic N) is 1. The van der Waals surface area contributed by atoms with E-state index in [4.69, 9.17) is 5.73 Å². The van der Waals surface area contributed by atoms with Gasteiger partial charge in [0.25, 0.3) is 0 Å². The molecule has 1 saturated heterocycles. The fourth-order valence-electron chi connectivity index (χ4n) is 3.08. The summed E-state index contributed by atoms with van der Waals surface area (Å²) in [4.78, 5) is 14.1. The van der Waals surface area contributed by atoms with E-state index in [-0.39, 0.29) is 11.9 Å². The predicted molar refractivity (Wildman–Crippen MR) is 71.0 cm³/mol. The van der Waals surface area contributed by atoms with Gasteiger partial charge in [-0.3, -0.25) is 4.79 Å². The molecule has 104 valence electrons. The van der Waals surface area contributed by atoms with Gasteiger partial charge in [-0.2, -0.15) is 0 Å². The normalized spacial score (nSPS) is 32.3. The maximum absolute atomic E-state index is 12.2. The average molecular weight is 254 g/mol. The Morgan fingerprint density at radius 1 is 1.33 bits per heavy atom. The van der Waals surface area contributed by atoms with E-state index >= 15 is 0 Å². The molecule has 1 aliphatic carbocycles. The zero-order valence-electron chi connectivity index (χ0n) is 11.4. The number of carbonyl (C=O) groups is 1. The molecule has 2 rings (SSSR count). The second-order valence-electron chi connectivity index (χ2n) is 6.29. The lowest BCUT2D eigenvalue weighted by Crippen LogP contribution is -2.46. The number of aliphatic hydroxyl groups is 1. The quantitative estimate of drug-likeness (QED) is 0.780. The van der Waals surface area contributed by atoms with Crippen LogP contribution in [0.3, 0.4) is 0 Å². The fraction of sp³-hybridized carbons (Fsp3) is 0.929. The summed E-state index contributed by atoms with van der Waals surface area (Å²) >= 11 is 0. The fourth-order valence-corrected chi connectivity index (χ4v) is 3.08. The van der Waals surface area contributed by atoms with Gasteiger partial charge in [0, 0.05) is 25.6 Å². The molecule has 0 aromatic rings. The molecule has 0 spiro atoms. The van der Waals surface area contributed by atoms with Crippen LogP contribution in [0.25, 0.3) is 0 Å². The van der Waals surface area contributed by atoms with Crippen LogP contribution in [0.4, 0.5) is 0 Å². The molecule has 1 aliphatic heterocycles. The van der Waals surface area contributed by atoms with E-state index in [1.807, 2.05) is 11.8 Å². The van der Waals surface area contributed by atoms with Crippen molar-refractivity contribution in [1.82, 2.24) is 4.90 Å². The van der Waals surface area contributed by atoms with Crippen LogP contribution in [0.5, 0.6) is 0 Å². The van der Waals surface area contributed by atoms with Gasteiger partial charge in [0.2, 0.25) is 5.91 Å². The first-order valence-corrected chi connectivity index (χ1v) is 7.24. The van der Waals surface area contributed by atoms with Crippen molar-refractivity contribution < 1.29 is 9.90 Å². The Labute approximate surface area is 110 Å². The third-order valence-corrected chi connectivity index (χ3v) is 4.60. The topological polar surface area (TPSA) is 66.6 Å². The van der Waals surface area contributed by atoms with Gasteiger partial charge in [-0.1, -0.05) is 12.8 Å². The Balaban J connectivity index is 1.81. The zero-order valence-corrected chi connectivity index (χ0v) is 11.4. The molecule has 2 aliphatic rings. The summed E-state index contributed by atoms with van der Waals surface area (Å²) in [5.74, 6) is 0.599. The number of carbonyl (C=O) groups excluding carboxylic acids is 1. The van der Waals surface area contributed by atoms with Gasteiger partial charge in [-0.05, 0) is 38.5 Å². The minimum absolute atomic E-state index is 0.204. The minimum atomic E-state index is -0.585. The summed E-state index contributed by atoms with van der Waals surface area (Å²) in [6, 6.07) is 0.204. The van der Waals surface area contributed by atoms with Crippen LogP contribution in [0.2, 0.25) is 0 Å². The van der Waals surface area contributed by atoms with E-state index in [0.29, 0.717) is 38.3 Å². The van der Waals surface area contributed by atoms with Gasteiger partial charge >= 0.3 is 0 Å². The van der Waals surface area contributed by atoms with Crippen LogP contribution >= 0.6 is 0 Å². The molecule has 1 heterocycles. The third-order valence-electron chi connectivity index (χ3n) is 4.60. The van der Waals surface area contributed by atoms with Crippen molar-refractivity contribution in [3.63, 3.8) is 0 Å². The summed E-state index contributed by atoms with van der Waals surface area (Å²) in [5, 5.41) is 9.88. The maximum Gasteiger partial charge on any atom is 0.222 e. The van der Waals surface area contributed by atoms with Crippen molar-refractivity contribution in [1.29, 1.82) is 0 Å². The molecule has 4 nitrogen and oxygen atoms in total. The molecule has 2 unspecified atom stereocenters. The molecule has 0 bridgehead atoms. The molecule has 3 N–H and O–H groups in total. The highest BCUT2D eigenvalue weighted by Crippen LogP contribution is 2.27. The van der Waals surface area contributed by atoms with E-state index in [1.54, 1.807) is 0 Å². The summed E-state index contributed by atoms with van der Waals surface area (Å²) < 4.78 is 0. The van der Waals surface area contributed by atoms with Crippen LogP contribution in [0, 0.1) is 5.92 Å². The lowest BCUT2D eigenvalue weighted by atomic mass is 9.82. The first-order valence-electron chi connectivity index (χ1n) is 7.24. The highest BCUT2D eigenvalue weighted by atomic mass is 16.3. The molecule has 0 aromatic heterocycles. The molecule has 0 aromatic carbocycles. The van der Waals surface area contributed by atoms with Gasteiger partial charge < -0.3 is 15.7 Å². The van der Waals surface area contributed by atoms with Crippen LogP contribution in [0.1, 0.15) is 51.9 Å². The smallest absolute Gasteiger partial charge is 0.222 e. The molecule has 18 heavy (non-hydrogen) atoms. The van der Waals surface area contributed by atoms with E-state index in [1.165, 1.54) is 12.8 Å². The van der Waals surface area contributed by atoms with Crippen molar-refractivity contribution >= 4 is 5.91 Å². The van der Waals surface area contributed by atoms with Crippen molar-refractivity contribution in [2.75, 3.05) is 13.1 Å². The minimum Gasteiger partial charge on any atom is -0.390 e. The van der Waals surface area contributed by atoms with Gasteiger partial charge in [-0.25, -0.2) is 0 Å². The number of piperidine rings is 1. The largest absolute Gasteiger partial charge is 0.390 e. The summed E-state index contributed by atoms with van der Waals surface area (Å²) in [7, 11) is 0. The Morgan fingerprint density at radius 2 is 1.94 bits per heavy atom. The second-order valence-corrected chi connectivity index (χ2v) is 6.29. The number of hydrogen-bond acceptors (Lipinski definition) is 3. The SMILES string of the molecule is CC1(O)CCN(C(=O)CC2CCCCC2N)CC1. The van der Waals surface area contributed by atoms with Crippen molar-refractivity contribution in [3.05, 3.63) is 0 Å². The van der Waals surface area contributed by atoms with Crippen LogP contribution < -0.4 is 5.73 Å². The Hall–Kier alpha value is -0.610. The standard InChI is InChI=1S/C14H26N2O2/c1-14(18)6-8-16(9-7-14)13(17)10-11-4-2-3-5-12(11)15/h11-12,18H,2-10,15H2,1H3. The molecule has 0 radical (unpaired) electrons. The maximum atomic E-state index is 12.2. The Morgan fingerprint density at radius 3 is 2.56 bits per heavy atom. The molecular weight excluding hydrogens is 228 g/mol. The van der Waals surface area contributed by atoms with E-state index in [0.717, 1.165) is 12.8 Å². The van der Waals surface area contributed by atoms with Crippen molar-refractivity contribution in [3.8, 4) is 0 Å². The number of rotatable bonds is 2. The van der Waals surface area contributed by atoms with Crippen molar-refractivity contribution in [2.45, 2.75) is 63.5 Å². The number of nitrogens with two attached hydrogens (primary N) is 1. The van der Waals surface area contributed by atoms with E-state index in [9.17, 15) is 9.90 Å². The van der Waals surface area contributed by atoms with E-state index < -0.39 is 5.60 Å². The Kier molecular flexibility index (Phi) is 4.28. The second kappa shape index (κ2) is 5.57. The molecule has 2 fully saturated rings. The van der Waals surface area contributed by atoms with Gasteiger partial charge in [0.15, 0.2) is 0 Å². The monoisotopic (exact) mass is 254 g/mol. The zero-order chi connectivity index (χ0) is 13.2. The number of hydrogen-bond donors (Lipinski definition) is 2. The van der Waals surface area contributed by atoms with Crippen LogP contribution in [0.15, 0.2) is 0 Å². The predicted octanol–water partition coefficient (Wildman–Crippen LogP) is 1.27. The van der Waals surface area contributed by atoms with E-state index in [2.05, 4.69) is 0 Å². The van der Waals surface area contributed by atoms with Gasteiger partial charge in [-0.15, -0.1) is 0 Å². The molecule has 1 saturated carbocycles. The average Bonchev–Trinajstić information content (AvgIpc) is 2.32. The third kappa shape index (κ3) is 3.45. The molecule has 2 atom stereocenters. The van der Waals surface area contributed by atoms with Crippen LogP contribution in [-0.2, 0) is 4.79 Å². The summed E-state index contributed by atoms with van der Waals surface area (Å²) in [6.45, 7) is 3.23. The molecule has 4 heteroatoms. The highest BCUT2D eigenvalue weighted by molar-refractivity contribution is 5.76. The first-order chi connectivity index (χ1) is 8.48. The first kappa shape index (κ1) is 13.8. The molecule has 1 amide bonds. The summed E-state index contributed by atoms with van der Waals surface area (Å²) in [6.07, 6.45) is 6.55. The van der Waals surface area contributed by atoms with Gasteiger partial charge in [0.05, 0.1) is 5.60 Å². The number of likely N-dealkylation sites (tertiary alicyclic amines) is 1. The lowest BCUT2D eigenvalue weighted by molar-refractivity contribution is -0.136. The van der Waals surface area contributed by atoms with Crippen molar-refractivity contribution in [2.24, 2.45) is 11.7 Å². The van der Waals surface area contributed by atoms with Crippen LogP contribution in [-0.4, -0.2) is 40.6 Å². The summed E-state index contributed by atoms with van der Waals surface area (Å²) in [5.41, 5.74) is 5.50. The number of amides is 1. The Bertz CT molecular complexity index is 294. The molecular formula is C14H26N2O2.